The second-order valence-electron chi connectivity index (χ2n) is 6.51. The zero-order valence-electron chi connectivity index (χ0n) is 15.6. The molecule has 5 nitrogen and oxygen atoms in total. The summed E-state index contributed by atoms with van der Waals surface area (Å²) in [5, 5.41) is 3.38. The average molecular weight is 429 g/mol. The number of nitrogens with one attached hydrogen (secondary N) is 2. The lowest BCUT2D eigenvalue weighted by atomic mass is 10.1. The van der Waals surface area contributed by atoms with E-state index in [0.717, 1.165) is 11.1 Å². The van der Waals surface area contributed by atoms with Crippen molar-refractivity contribution < 1.29 is 13.2 Å². The number of carbonyl (C=O) groups excluding carboxylic acids is 1. The number of halogens is 1. The Morgan fingerprint density at radius 3 is 2.14 bits per heavy atom. The summed E-state index contributed by atoms with van der Waals surface area (Å²) in [5.74, 6) is -0.191. The van der Waals surface area contributed by atoms with E-state index in [9.17, 15) is 13.2 Å². The molecule has 3 aromatic rings. The van der Waals surface area contributed by atoms with Crippen LogP contribution in [-0.4, -0.2) is 20.9 Å². The van der Waals surface area contributed by atoms with Crippen molar-refractivity contribution >= 4 is 33.2 Å². The molecular formula is C22H21ClN2O3S. The normalized spacial score (nSPS) is 11.2. The molecule has 29 heavy (non-hydrogen) atoms. The number of amides is 1. The summed E-state index contributed by atoms with van der Waals surface area (Å²) in [6, 6.07) is 22.8. The molecule has 0 atom stereocenters. The molecule has 3 rings (SSSR count). The Morgan fingerprint density at radius 2 is 1.48 bits per heavy atom. The van der Waals surface area contributed by atoms with E-state index in [-0.39, 0.29) is 17.2 Å². The Morgan fingerprint density at radius 1 is 0.828 bits per heavy atom. The van der Waals surface area contributed by atoms with Crippen LogP contribution in [0.25, 0.3) is 0 Å². The van der Waals surface area contributed by atoms with E-state index in [1.165, 1.54) is 12.1 Å². The predicted molar refractivity (Wildman–Crippen MR) is 116 cm³/mol. The van der Waals surface area contributed by atoms with Crippen molar-refractivity contribution in [3.63, 3.8) is 0 Å². The third-order valence-electron chi connectivity index (χ3n) is 4.27. The van der Waals surface area contributed by atoms with Crippen molar-refractivity contribution in [2.24, 2.45) is 0 Å². The molecule has 2 N–H and O–H groups in total. The van der Waals surface area contributed by atoms with E-state index >= 15 is 0 Å². The zero-order valence-corrected chi connectivity index (χ0v) is 17.2. The summed E-state index contributed by atoms with van der Waals surface area (Å²) in [5.41, 5.74) is 2.44. The Kier molecular flexibility index (Phi) is 7.04. The number of anilines is 1. The van der Waals surface area contributed by atoms with Crippen LogP contribution in [0.5, 0.6) is 0 Å². The highest BCUT2D eigenvalue weighted by atomic mass is 35.5. The first-order chi connectivity index (χ1) is 13.9. The Bertz CT molecular complexity index is 1050. The van der Waals surface area contributed by atoms with E-state index in [2.05, 4.69) is 10.0 Å². The quantitative estimate of drug-likeness (QED) is 0.568. The van der Waals surface area contributed by atoms with E-state index in [4.69, 9.17) is 11.6 Å². The number of hydrogen-bond acceptors (Lipinski definition) is 3. The van der Waals surface area contributed by atoms with Gasteiger partial charge in [0, 0.05) is 17.3 Å². The molecule has 1 amide bonds. The Balaban J connectivity index is 1.54. The molecule has 0 heterocycles. The molecule has 3 aromatic carbocycles. The standard InChI is InChI=1S/C22H21ClN2O3S/c23-19-8-6-18(7-9-19)16-22(26)25-20-10-12-21(13-11-20)29(27,28)24-15-14-17-4-2-1-3-5-17/h1-13,24H,14-16H2,(H,25,26). The largest absolute Gasteiger partial charge is 0.326 e. The summed E-state index contributed by atoms with van der Waals surface area (Å²) in [6.07, 6.45) is 0.817. The highest BCUT2D eigenvalue weighted by molar-refractivity contribution is 7.89. The van der Waals surface area contributed by atoms with Gasteiger partial charge in [0.25, 0.3) is 0 Å². The monoisotopic (exact) mass is 428 g/mol. The van der Waals surface area contributed by atoms with Crippen LogP contribution in [0.3, 0.4) is 0 Å². The van der Waals surface area contributed by atoms with Crippen LogP contribution in [0.15, 0.2) is 83.8 Å². The maximum absolute atomic E-state index is 12.4. The van der Waals surface area contributed by atoms with Gasteiger partial charge >= 0.3 is 0 Å². The van der Waals surface area contributed by atoms with Gasteiger partial charge < -0.3 is 5.32 Å². The van der Waals surface area contributed by atoms with Crippen molar-refractivity contribution in [1.82, 2.24) is 4.72 Å². The topological polar surface area (TPSA) is 75.3 Å². The molecule has 0 saturated heterocycles. The van der Waals surface area contributed by atoms with Gasteiger partial charge in [0.05, 0.1) is 11.3 Å². The summed E-state index contributed by atoms with van der Waals surface area (Å²) < 4.78 is 27.4. The van der Waals surface area contributed by atoms with Crippen LogP contribution in [0.2, 0.25) is 5.02 Å². The van der Waals surface area contributed by atoms with Gasteiger partial charge in [-0.1, -0.05) is 54.1 Å². The molecule has 0 radical (unpaired) electrons. The molecule has 0 unspecified atom stereocenters. The summed E-state index contributed by atoms with van der Waals surface area (Å²) >= 11 is 5.84. The van der Waals surface area contributed by atoms with Crippen LogP contribution < -0.4 is 10.0 Å². The lowest BCUT2D eigenvalue weighted by molar-refractivity contribution is -0.115. The van der Waals surface area contributed by atoms with Gasteiger partial charge in [-0.25, -0.2) is 13.1 Å². The molecule has 0 bridgehead atoms. The van der Waals surface area contributed by atoms with E-state index < -0.39 is 10.0 Å². The number of sulfonamides is 1. The first kappa shape index (κ1) is 21.0. The van der Waals surface area contributed by atoms with Crippen LogP contribution in [0.1, 0.15) is 11.1 Å². The lowest BCUT2D eigenvalue weighted by Crippen LogP contribution is -2.26. The fourth-order valence-electron chi connectivity index (χ4n) is 2.77. The van der Waals surface area contributed by atoms with Gasteiger partial charge in [-0.05, 0) is 53.9 Å². The predicted octanol–water partition coefficient (Wildman–Crippen LogP) is 4.04. The summed E-state index contributed by atoms with van der Waals surface area (Å²) in [4.78, 5) is 12.3. The highest BCUT2D eigenvalue weighted by Crippen LogP contribution is 2.15. The number of benzene rings is 3. The maximum Gasteiger partial charge on any atom is 0.240 e. The first-order valence-electron chi connectivity index (χ1n) is 9.10. The molecular weight excluding hydrogens is 408 g/mol. The molecule has 0 saturated carbocycles. The van der Waals surface area contributed by atoms with Crippen molar-refractivity contribution in [2.75, 3.05) is 11.9 Å². The van der Waals surface area contributed by atoms with Crippen LogP contribution in [0.4, 0.5) is 5.69 Å². The molecule has 150 valence electrons. The number of carbonyl (C=O) groups is 1. The molecule has 0 aliphatic rings. The van der Waals surface area contributed by atoms with Crippen molar-refractivity contribution in [3.05, 3.63) is 95.0 Å². The van der Waals surface area contributed by atoms with Gasteiger partial charge in [0.1, 0.15) is 0 Å². The number of rotatable bonds is 8. The summed E-state index contributed by atoms with van der Waals surface area (Å²) in [7, 11) is -3.60. The molecule has 0 aliphatic heterocycles. The minimum absolute atomic E-state index is 0.154. The second kappa shape index (κ2) is 9.69. The van der Waals surface area contributed by atoms with E-state index in [1.54, 1.807) is 36.4 Å². The highest BCUT2D eigenvalue weighted by Gasteiger charge is 2.13. The minimum Gasteiger partial charge on any atom is -0.326 e. The summed E-state index contributed by atoms with van der Waals surface area (Å²) in [6.45, 7) is 0.311. The Hall–Kier alpha value is -2.67. The zero-order chi connectivity index (χ0) is 20.7. The van der Waals surface area contributed by atoms with Gasteiger partial charge in [-0.2, -0.15) is 0 Å². The second-order valence-corrected chi connectivity index (χ2v) is 8.71. The fourth-order valence-corrected chi connectivity index (χ4v) is 3.93. The third kappa shape index (κ3) is 6.42. The molecule has 0 spiro atoms. The van der Waals surface area contributed by atoms with Gasteiger partial charge in [-0.15, -0.1) is 0 Å². The maximum atomic E-state index is 12.4. The van der Waals surface area contributed by atoms with E-state index in [1.807, 2.05) is 30.3 Å². The first-order valence-corrected chi connectivity index (χ1v) is 11.0. The van der Waals surface area contributed by atoms with E-state index in [0.29, 0.717) is 23.7 Å². The molecule has 7 heteroatoms. The fraction of sp³-hybridized carbons (Fsp3) is 0.136. The molecule has 0 fully saturated rings. The molecule has 0 aromatic heterocycles. The molecule has 0 aliphatic carbocycles. The van der Waals surface area contributed by atoms with Crippen LogP contribution >= 0.6 is 11.6 Å². The Labute approximate surface area is 175 Å². The van der Waals surface area contributed by atoms with Gasteiger partial charge in [-0.3, -0.25) is 4.79 Å². The SMILES string of the molecule is O=C(Cc1ccc(Cl)cc1)Nc1ccc(S(=O)(=O)NCCc2ccccc2)cc1. The van der Waals surface area contributed by atoms with Crippen molar-refractivity contribution in [2.45, 2.75) is 17.7 Å². The van der Waals surface area contributed by atoms with Crippen LogP contribution in [0, 0.1) is 0 Å². The van der Waals surface area contributed by atoms with Gasteiger partial charge in [0.15, 0.2) is 0 Å². The van der Waals surface area contributed by atoms with Crippen molar-refractivity contribution in [1.29, 1.82) is 0 Å². The lowest BCUT2D eigenvalue weighted by Gasteiger charge is -2.09. The third-order valence-corrected chi connectivity index (χ3v) is 6.00. The smallest absolute Gasteiger partial charge is 0.240 e. The average Bonchev–Trinajstić information content (AvgIpc) is 2.71. The number of hydrogen-bond donors (Lipinski definition) is 2. The van der Waals surface area contributed by atoms with Crippen molar-refractivity contribution in [3.8, 4) is 0 Å². The minimum atomic E-state index is -3.60. The van der Waals surface area contributed by atoms with Gasteiger partial charge in [0.2, 0.25) is 15.9 Å². The van der Waals surface area contributed by atoms with Crippen LogP contribution in [-0.2, 0) is 27.7 Å².